The van der Waals surface area contributed by atoms with Gasteiger partial charge < -0.3 is 10.6 Å². The maximum atomic E-state index is 13.3. The van der Waals surface area contributed by atoms with E-state index in [0.29, 0.717) is 24.3 Å². The molecule has 0 unspecified atom stereocenters. The highest BCUT2D eigenvalue weighted by atomic mass is 35.5. The van der Waals surface area contributed by atoms with Crippen LogP contribution in [0.5, 0.6) is 0 Å². The van der Waals surface area contributed by atoms with E-state index in [1.807, 2.05) is 6.92 Å². The van der Waals surface area contributed by atoms with E-state index in [2.05, 4.69) is 15.4 Å². The van der Waals surface area contributed by atoms with Crippen LogP contribution in [0.2, 0.25) is 0 Å². The van der Waals surface area contributed by atoms with Crippen molar-refractivity contribution >= 4 is 34.0 Å². The Morgan fingerprint density at radius 2 is 1.89 bits per heavy atom. The van der Waals surface area contributed by atoms with Gasteiger partial charge in [0.25, 0.3) is 5.91 Å². The van der Waals surface area contributed by atoms with E-state index in [-0.39, 0.29) is 28.7 Å². The molecular weight excluding hydrogens is 393 g/mol. The summed E-state index contributed by atoms with van der Waals surface area (Å²) >= 11 is 0. The van der Waals surface area contributed by atoms with Gasteiger partial charge in [-0.15, -0.1) is 12.4 Å². The average molecular weight is 414 g/mol. The van der Waals surface area contributed by atoms with Gasteiger partial charge in [0.2, 0.25) is 10.0 Å². The Morgan fingerprint density at radius 1 is 1.19 bits per heavy atom. The van der Waals surface area contributed by atoms with Crippen LogP contribution < -0.4 is 15.4 Å². The molecule has 6 nitrogen and oxygen atoms in total. The minimum absolute atomic E-state index is 0. The number of carbonyl (C=O) groups excluding carboxylic acids is 1. The molecule has 0 aliphatic carbocycles. The van der Waals surface area contributed by atoms with Crippen molar-refractivity contribution in [3.63, 3.8) is 0 Å². The number of anilines is 1. The van der Waals surface area contributed by atoms with Gasteiger partial charge in [0.15, 0.2) is 0 Å². The van der Waals surface area contributed by atoms with Crippen molar-refractivity contribution in [3.05, 3.63) is 59.4 Å². The molecule has 0 radical (unpaired) electrons. The van der Waals surface area contributed by atoms with E-state index in [1.54, 1.807) is 6.92 Å². The maximum absolute atomic E-state index is 13.3. The molecule has 1 aliphatic rings. The first-order chi connectivity index (χ1) is 12.2. The van der Waals surface area contributed by atoms with Crippen LogP contribution in [0.25, 0.3) is 0 Å². The molecule has 1 heterocycles. The standard InChI is InChI=1S/C18H20FN3O3S.ClH/c1-12-8-14(6-7-16(12)19)21-17(23)13-4-3-5-15(9-13)26(24,25)22-18(2)10-20-11-18;/h3-9,20,22H,10-11H2,1-2H3,(H,21,23);1H. The molecule has 9 heteroatoms. The zero-order valence-corrected chi connectivity index (χ0v) is 16.5. The molecule has 3 N–H and O–H groups in total. The van der Waals surface area contributed by atoms with E-state index in [4.69, 9.17) is 0 Å². The Labute approximate surface area is 164 Å². The van der Waals surface area contributed by atoms with Crippen molar-refractivity contribution < 1.29 is 17.6 Å². The molecule has 3 rings (SSSR count). The summed E-state index contributed by atoms with van der Waals surface area (Å²) in [5, 5.41) is 5.67. The summed E-state index contributed by atoms with van der Waals surface area (Å²) in [6.45, 7) is 4.51. The molecule has 27 heavy (non-hydrogen) atoms. The van der Waals surface area contributed by atoms with Gasteiger partial charge in [-0.2, -0.15) is 0 Å². The Hall–Kier alpha value is -2.00. The number of nitrogens with one attached hydrogen (secondary N) is 3. The van der Waals surface area contributed by atoms with E-state index in [0.717, 1.165) is 0 Å². The van der Waals surface area contributed by atoms with Crippen molar-refractivity contribution in [2.45, 2.75) is 24.3 Å². The summed E-state index contributed by atoms with van der Waals surface area (Å²) in [6, 6.07) is 10.0. The number of rotatable bonds is 5. The third-order valence-electron chi connectivity index (χ3n) is 4.23. The van der Waals surface area contributed by atoms with Crippen LogP contribution in [0, 0.1) is 12.7 Å². The molecule has 0 bridgehead atoms. The number of halogens is 2. The molecule has 0 aromatic heterocycles. The number of carbonyl (C=O) groups is 1. The van der Waals surface area contributed by atoms with E-state index < -0.39 is 21.5 Å². The fraction of sp³-hybridized carbons (Fsp3) is 0.278. The summed E-state index contributed by atoms with van der Waals surface area (Å²) < 4.78 is 41.1. The second-order valence-corrected chi connectivity index (χ2v) is 8.40. The molecule has 2 aromatic carbocycles. The summed E-state index contributed by atoms with van der Waals surface area (Å²) in [7, 11) is -3.74. The monoisotopic (exact) mass is 413 g/mol. The number of hydrogen-bond acceptors (Lipinski definition) is 4. The molecule has 1 amide bonds. The Bertz CT molecular complexity index is 962. The molecular formula is C18H21ClFN3O3S. The van der Waals surface area contributed by atoms with Crippen LogP contribution >= 0.6 is 12.4 Å². The molecule has 1 aliphatic heterocycles. The van der Waals surface area contributed by atoms with Gasteiger partial charge in [-0.05, 0) is 55.8 Å². The summed E-state index contributed by atoms with van der Waals surface area (Å²) in [4.78, 5) is 12.4. The van der Waals surface area contributed by atoms with Gasteiger partial charge in [-0.25, -0.2) is 17.5 Å². The van der Waals surface area contributed by atoms with Gasteiger partial charge in [-0.1, -0.05) is 6.07 Å². The predicted octanol–water partition coefficient (Wildman–Crippen LogP) is 2.45. The third kappa shape index (κ3) is 4.84. The topological polar surface area (TPSA) is 87.3 Å². The first kappa shape index (κ1) is 21.3. The Balaban J connectivity index is 0.00000261. The number of hydrogen-bond donors (Lipinski definition) is 3. The van der Waals surface area contributed by atoms with Crippen LogP contribution in [-0.2, 0) is 10.0 Å². The zero-order valence-electron chi connectivity index (χ0n) is 14.9. The minimum atomic E-state index is -3.74. The lowest BCUT2D eigenvalue weighted by Crippen LogP contribution is -2.66. The second-order valence-electron chi connectivity index (χ2n) is 6.72. The molecule has 1 fully saturated rings. The Morgan fingerprint density at radius 3 is 2.48 bits per heavy atom. The van der Waals surface area contributed by atoms with Crippen molar-refractivity contribution in [1.29, 1.82) is 0 Å². The quantitative estimate of drug-likeness (QED) is 0.702. The predicted molar refractivity (Wildman–Crippen MR) is 104 cm³/mol. The van der Waals surface area contributed by atoms with Gasteiger partial charge >= 0.3 is 0 Å². The molecule has 0 spiro atoms. The average Bonchev–Trinajstić information content (AvgIpc) is 2.56. The largest absolute Gasteiger partial charge is 0.322 e. The summed E-state index contributed by atoms with van der Waals surface area (Å²) in [5.74, 6) is -0.828. The number of benzene rings is 2. The van der Waals surface area contributed by atoms with E-state index in [1.165, 1.54) is 42.5 Å². The SMILES string of the molecule is Cc1cc(NC(=O)c2cccc(S(=O)(=O)NC3(C)CNC3)c2)ccc1F.Cl. The van der Waals surface area contributed by atoms with Crippen LogP contribution in [0.4, 0.5) is 10.1 Å². The number of amides is 1. The molecule has 1 saturated heterocycles. The smallest absolute Gasteiger partial charge is 0.255 e. The summed E-state index contributed by atoms with van der Waals surface area (Å²) in [6.07, 6.45) is 0. The maximum Gasteiger partial charge on any atom is 0.255 e. The lowest BCUT2D eigenvalue weighted by atomic mass is 9.97. The minimum Gasteiger partial charge on any atom is -0.322 e. The highest BCUT2D eigenvalue weighted by Crippen LogP contribution is 2.19. The highest BCUT2D eigenvalue weighted by molar-refractivity contribution is 7.89. The van der Waals surface area contributed by atoms with Crippen LogP contribution in [0.3, 0.4) is 0 Å². The van der Waals surface area contributed by atoms with Crippen LogP contribution in [0.15, 0.2) is 47.4 Å². The normalized spacial score (nSPS) is 15.4. The van der Waals surface area contributed by atoms with Crippen molar-refractivity contribution in [2.75, 3.05) is 18.4 Å². The number of aryl methyl sites for hydroxylation is 1. The second kappa shape index (κ2) is 7.93. The van der Waals surface area contributed by atoms with Crippen LogP contribution in [0.1, 0.15) is 22.8 Å². The fourth-order valence-corrected chi connectivity index (χ4v) is 4.14. The molecule has 146 valence electrons. The lowest BCUT2D eigenvalue weighted by Gasteiger charge is -2.39. The van der Waals surface area contributed by atoms with Crippen molar-refractivity contribution in [1.82, 2.24) is 10.0 Å². The zero-order chi connectivity index (χ0) is 18.9. The van der Waals surface area contributed by atoms with Gasteiger partial charge in [0.1, 0.15) is 5.82 Å². The first-order valence-corrected chi connectivity index (χ1v) is 9.59. The van der Waals surface area contributed by atoms with Gasteiger partial charge in [-0.3, -0.25) is 4.79 Å². The third-order valence-corrected chi connectivity index (χ3v) is 5.87. The van der Waals surface area contributed by atoms with Crippen molar-refractivity contribution in [3.8, 4) is 0 Å². The molecule has 0 saturated carbocycles. The highest BCUT2D eigenvalue weighted by Gasteiger charge is 2.36. The number of sulfonamides is 1. The fourth-order valence-electron chi connectivity index (χ4n) is 2.69. The van der Waals surface area contributed by atoms with Crippen molar-refractivity contribution in [2.24, 2.45) is 0 Å². The molecule has 2 aromatic rings. The van der Waals surface area contributed by atoms with Gasteiger partial charge in [0.05, 0.1) is 10.4 Å². The van der Waals surface area contributed by atoms with E-state index >= 15 is 0 Å². The summed E-state index contributed by atoms with van der Waals surface area (Å²) in [5.41, 5.74) is 0.522. The lowest BCUT2D eigenvalue weighted by molar-refractivity contribution is 0.102. The first-order valence-electron chi connectivity index (χ1n) is 8.11. The Kier molecular flexibility index (Phi) is 6.26. The van der Waals surface area contributed by atoms with Gasteiger partial charge in [0, 0.05) is 24.3 Å². The van der Waals surface area contributed by atoms with E-state index in [9.17, 15) is 17.6 Å². The van der Waals surface area contributed by atoms with Crippen LogP contribution in [-0.4, -0.2) is 33.0 Å². The molecule has 0 atom stereocenters.